The van der Waals surface area contributed by atoms with Crippen molar-refractivity contribution in [2.45, 2.75) is 6.54 Å². The Kier molecular flexibility index (Phi) is 5.03. The predicted molar refractivity (Wildman–Crippen MR) is 110 cm³/mol. The van der Waals surface area contributed by atoms with Crippen molar-refractivity contribution in [3.63, 3.8) is 0 Å². The van der Waals surface area contributed by atoms with E-state index in [0.29, 0.717) is 18.0 Å². The van der Waals surface area contributed by atoms with Crippen LogP contribution in [-0.4, -0.2) is 35.9 Å². The van der Waals surface area contributed by atoms with Gasteiger partial charge in [-0.2, -0.15) is 0 Å². The summed E-state index contributed by atoms with van der Waals surface area (Å²) >= 11 is 1.51. The van der Waals surface area contributed by atoms with Gasteiger partial charge in [-0.25, -0.2) is 9.50 Å². The number of ether oxygens (including phenoxy) is 3. The SMILES string of the molecule is COc1ccc(CNc2nn3cc(-c4ccc(OC)c(OC)c4)nc3s2)cc1. The first-order chi connectivity index (χ1) is 13.7. The highest BCUT2D eigenvalue weighted by Crippen LogP contribution is 2.32. The Hall–Kier alpha value is -3.26. The molecule has 4 rings (SSSR count). The Morgan fingerprint density at radius 1 is 0.964 bits per heavy atom. The molecule has 0 spiro atoms. The van der Waals surface area contributed by atoms with Gasteiger partial charge in [-0.1, -0.05) is 23.5 Å². The number of imidazole rings is 1. The zero-order valence-corrected chi connectivity index (χ0v) is 16.6. The van der Waals surface area contributed by atoms with Crippen molar-refractivity contribution in [2.24, 2.45) is 0 Å². The molecule has 0 saturated carbocycles. The van der Waals surface area contributed by atoms with Crippen molar-refractivity contribution < 1.29 is 14.2 Å². The molecule has 0 aliphatic carbocycles. The van der Waals surface area contributed by atoms with Crippen LogP contribution in [0.15, 0.2) is 48.7 Å². The number of nitrogens with zero attached hydrogens (tertiary/aromatic N) is 3. The Bertz CT molecular complexity index is 1060. The molecule has 0 amide bonds. The van der Waals surface area contributed by atoms with E-state index in [4.69, 9.17) is 14.2 Å². The van der Waals surface area contributed by atoms with E-state index in [0.717, 1.165) is 32.7 Å². The van der Waals surface area contributed by atoms with Gasteiger partial charge < -0.3 is 19.5 Å². The van der Waals surface area contributed by atoms with E-state index >= 15 is 0 Å². The predicted octanol–water partition coefficient (Wildman–Crippen LogP) is 4.10. The molecule has 4 aromatic rings. The smallest absolute Gasteiger partial charge is 0.214 e. The van der Waals surface area contributed by atoms with Crippen molar-refractivity contribution >= 4 is 21.4 Å². The van der Waals surface area contributed by atoms with E-state index in [2.05, 4.69) is 15.4 Å². The lowest BCUT2D eigenvalue weighted by Crippen LogP contribution is -1.99. The molecule has 0 aliphatic heterocycles. The number of anilines is 1. The fourth-order valence-corrected chi connectivity index (χ4v) is 3.60. The van der Waals surface area contributed by atoms with Gasteiger partial charge >= 0.3 is 0 Å². The van der Waals surface area contributed by atoms with Gasteiger partial charge in [-0.3, -0.25) is 0 Å². The molecule has 0 aliphatic rings. The number of aromatic nitrogens is 3. The van der Waals surface area contributed by atoms with Crippen LogP contribution in [0.2, 0.25) is 0 Å². The van der Waals surface area contributed by atoms with Crippen LogP contribution >= 0.6 is 11.3 Å². The van der Waals surface area contributed by atoms with Crippen molar-refractivity contribution in [1.82, 2.24) is 14.6 Å². The summed E-state index contributed by atoms with van der Waals surface area (Å²) in [5.41, 5.74) is 2.93. The number of methoxy groups -OCH3 is 3. The molecule has 2 aromatic heterocycles. The van der Waals surface area contributed by atoms with Crippen LogP contribution in [0.1, 0.15) is 5.56 Å². The minimum Gasteiger partial charge on any atom is -0.497 e. The van der Waals surface area contributed by atoms with Gasteiger partial charge in [-0.15, -0.1) is 5.10 Å². The standard InChI is InChI=1S/C20H20N4O3S/c1-25-15-7-4-13(5-8-15)11-21-19-23-24-12-16(22-20(24)28-19)14-6-9-17(26-2)18(10-14)27-3/h4-10,12H,11H2,1-3H3,(H,21,23). The molecular formula is C20H20N4O3S. The quantitative estimate of drug-likeness (QED) is 0.507. The van der Waals surface area contributed by atoms with Gasteiger partial charge in [0.25, 0.3) is 0 Å². The number of fused-ring (bicyclic) bond motifs is 1. The molecule has 0 fully saturated rings. The fraction of sp³-hybridized carbons (Fsp3) is 0.200. The topological polar surface area (TPSA) is 69.9 Å². The summed E-state index contributed by atoms with van der Waals surface area (Å²) in [6.07, 6.45) is 1.91. The van der Waals surface area contributed by atoms with E-state index in [9.17, 15) is 0 Å². The lowest BCUT2D eigenvalue weighted by Gasteiger charge is -2.08. The van der Waals surface area contributed by atoms with Crippen LogP contribution in [0.25, 0.3) is 16.2 Å². The second kappa shape index (κ2) is 7.77. The highest BCUT2D eigenvalue weighted by atomic mass is 32.1. The molecule has 0 unspecified atom stereocenters. The van der Waals surface area contributed by atoms with E-state index < -0.39 is 0 Å². The molecular weight excluding hydrogens is 376 g/mol. The van der Waals surface area contributed by atoms with E-state index in [1.165, 1.54) is 11.3 Å². The number of benzene rings is 2. The van der Waals surface area contributed by atoms with Crippen molar-refractivity contribution in [3.05, 3.63) is 54.2 Å². The van der Waals surface area contributed by atoms with Gasteiger partial charge in [0, 0.05) is 12.1 Å². The summed E-state index contributed by atoms with van der Waals surface area (Å²) in [7, 11) is 4.90. The van der Waals surface area contributed by atoms with Crippen LogP contribution < -0.4 is 19.5 Å². The summed E-state index contributed by atoms with van der Waals surface area (Å²) in [5, 5.41) is 8.72. The number of hydrogen-bond acceptors (Lipinski definition) is 7. The summed E-state index contributed by atoms with van der Waals surface area (Å²) in [6, 6.07) is 13.7. The summed E-state index contributed by atoms with van der Waals surface area (Å²) < 4.78 is 17.6. The number of rotatable bonds is 7. The van der Waals surface area contributed by atoms with Gasteiger partial charge in [0.15, 0.2) is 11.5 Å². The molecule has 2 aromatic carbocycles. The Labute approximate surface area is 166 Å². The Morgan fingerprint density at radius 2 is 1.75 bits per heavy atom. The molecule has 0 radical (unpaired) electrons. The first-order valence-corrected chi connectivity index (χ1v) is 9.47. The summed E-state index contributed by atoms with van der Waals surface area (Å²) in [4.78, 5) is 5.50. The van der Waals surface area contributed by atoms with Crippen molar-refractivity contribution in [1.29, 1.82) is 0 Å². The molecule has 144 valence electrons. The van der Waals surface area contributed by atoms with Gasteiger partial charge in [0.2, 0.25) is 10.1 Å². The zero-order chi connectivity index (χ0) is 19.5. The largest absolute Gasteiger partial charge is 0.497 e. The average Bonchev–Trinajstić information content (AvgIpc) is 3.31. The third-order valence-corrected chi connectivity index (χ3v) is 5.21. The molecule has 0 bridgehead atoms. The number of nitrogens with one attached hydrogen (secondary N) is 1. The van der Waals surface area contributed by atoms with Crippen molar-refractivity contribution in [3.8, 4) is 28.5 Å². The molecule has 0 saturated heterocycles. The highest BCUT2D eigenvalue weighted by molar-refractivity contribution is 7.20. The van der Waals surface area contributed by atoms with Crippen molar-refractivity contribution in [2.75, 3.05) is 26.6 Å². The summed E-state index contributed by atoms with van der Waals surface area (Å²) in [6.45, 7) is 0.684. The van der Waals surface area contributed by atoms with Gasteiger partial charge in [0.05, 0.1) is 33.2 Å². The monoisotopic (exact) mass is 396 g/mol. The molecule has 1 N–H and O–H groups in total. The fourth-order valence-electron chi connectivity index (χ4n) is 2.83. The first-order valence-electron chi connectivity index (χ1n) is 8.65. The molecule has 8 heteroatoms. The van der Waals surface area contributed by atoms with Gasteiger partial charge in [-0.05, 0) is 35.9 Å². The van der Waals surface area contributed by atoms with Crippen LogP contribution in [0.3, 0.4) is 0 Å². The van der Waals surface area contributed by atoms with Crippen LogP contribution in [-0.2, 0) is 6.54 Å². The second-order valence-electron chi connectivity index (χ2n) is 6.03. The second-order valence-corrected chi connectivity index (χ2v) is 6.99. The summed E-state index contributed by atoms with van der Waals surface area (Å²) in [5.74, 6) is 2.21. The third kappa shape index (κ3) is 3.59. The zero-order valence-electron chi connectivity index (χ0n) is 15.8. The first kappa shape index (κ1) is 18.1. The lowest BCUT2D eigenvalue weighted by molar-refractivity contribution is 0.355. The van der Waals surface area contributed by atoms with E-state index in [1.807, 2.05) is 48.7 Å². The van der Waals surface area contributed by atoms with E-state index in [-0.39, 0.29) is 0 Å². The van der Waals surface area contributed by atoms with Crippen LogP contribution in [0, 0.1) is 0 Å². The maximum atomic E-state index is 5.37. The molecule has 7 nitrogen and oxygen atoms in total. The molecule has 0 atom stereocenters. The molecule has 28 heavy (non-hydrogen) atoms. The van der Waals surface area contributed by atoms with Crippen LogP contribution in [0.4, 0.5) is 5.13 Å². The Balaban J connectivity index is 1.50. The Morgan fingerprint density at radius 3 is 2.43 bits per heavy atom. The highest BCUT2D eigenvalue weighted by Gasteiger charge is 2.12. The minimum absolute atomic E-state index is 0.672. The lowest BCUT2D eigenvalue weighted by atomic mass is 10.1. The third-order valence-electron chi connectivity index (χ3n) is 4.33. The number of hydrogen-bond donors (Lipinski definition) is 1. The average molecular weight is 396 g/mol. The maximum absolute atomic E-state index is 5.37. The normalized spacial score (nSPS) is 10.8. The maximum Gasteiger partial charge on any atom is 0.214 e. The van der Waals surface area contributed by atoms with E-state index in [1.54, 1.807) is 25.8 Å². The molecule has 2 heterocycles. The van der Waals surface area contributed by atoms with Gasteiger partial charge in [0.1, 0.15) is 5.75 Å². The minimum atomic E-state index is 0.672. The van der Waals surface area contributed by atoms with Crippen LogP contribution in [0.5, 0.6) is 17.2 Å².